The van der Waals surface area contributed by atoms with E-state index >= 15 is 0 Å². The van der Waals surface area contributed by atoms with E-state index < -0.39 is 0 Å². The maximum atomic E-state index is 12.0. The molecule has 164 valence electrons. The van der Waals surface area contributed by atoms with Crippen molar-refractivity contribution < 1.29 is 4.79 Å². The summed E-state index contributed by atoms with van der Waals surface area (Å²) in [4.78, 5) is 18.6. The second kappa shape index (κ2) is 14.8. The minimum Gasteiger partial charge on any atom is -0.356 e. The zero-order valence-electron chi connectivity index (χ0n) is 18.1. The average Bonchev–Trinajstić information content (AvgIpc) is 2.76. The first-order valence-electron chi connectivity index (χ1n) is 10.1. The summed E-state index contributed by atoms with van der Waals surface area (Å²) < 4.78 is 0. The van der Waals surface area contributed by atoms with Crippen LogP contribution in [0.1, 0.15) is 29.3 Å². The van der Waals surface area contributed by atoms with Crippen LogP contribution in [0.2, 0.25) is 0 Å². The molecule has 30 heavy (non-hydrogen) atoms. The number of hydrogen-bond donors (Lipinski definition) is 3. The molecule has 0 saturated heterocycles. The van der Waals surface area contributed by atoms with E-state index in [9.17, 15) is 4.79 Å². The van der Waals surface area contributed by atoms with Gasteiger partial charge in [-0.15, -0.1) is 24.0 Å². The van der Waals surface area contributed by atoms with Crippen LogP contribution in [-0.2, 0) is 6.54 Å². The summed E-state index contributed by atoms with van der Waals surface area (Å²) in [6, 6.07) is 20.2. The van der Waals surface area contributed by atoms with Crippen molar-refractivity contribution in [3.8, 4) is 0 Å². The van der Waals surface area contributed by atoms with Gasteiger partial charge >= 0.3 is 0 Å². The molecule has 2 aromatic rings. The summed E-state index contributed by atoms with van der Waals surface area (Å²) in [6.07, 6.45) is 1.01. The van der Waals surface area contributed by atoms with Crippen LogP contribution in [0.15, 0.2) is 65.7 Å². The number of benzene rings is 2. The summed E-state index contributed by atoms with van der Waals surface area (Å²) in [6.45, 7) is 5.15. The number of halogens is 1. The highest BCUT2D eigenvalue weighted by Gasteiger charge is 2.10. The van der Waals surface area contributed by atoms with Gasteiger partial charge in [0.2, 0.25) is 0 Å². The Morgan fingerprint density at radius 2 is 1.50 bits per heavy atom. The molecule has 3 N–H and O–H groups in total. The molecule has 1 unspecified atom stereocenters. The second-order valence-electron chi connectivity index (χ2n) is 7.09. The highest BCUT2D eigenvalue weighted by atomic mass is 127. The molecule has 0 aliphatic rings. The van der Waals surface area contributed by atoms with Gasteiger partial charge < -0.3 is 16.0 Å². The molecule has 2 aromatic carbocycles. The van der Waals surface area contributed by atoms with Crippen LogP contribution in [0.25, 0.3) is 0 Å². The normalized spacial score (nSPS) is 12.1. The molecule has 7 heteroatoms. The molecular weight excluding hydrogens is 489 g/mol. The predicted octanol–water partition coefficient (Wildman–Crippen LogP) is 3.11. The van der Waals surface area contributed by atoms with Gasteiger partial charge in [0.15, 0.2) is 5.96 Å². The Kier molecular flexibility index (Phi) is 12.8. The summed E-state index contributed by atoms with van der Waals surface area (Å²) in [5, 5.41) is 9.47. The fraction of sp³-hybridized carbons (Fsp3) is 0.391. The van der Waals surface area contributed by atoms with Gasteiger partial charge in [-0.2, -0.15) is 0 Å². The van der Waals surface area contributed by atoms with Crippen LogP contribution in [-0.4, -0.2) is 56.5 Å². The molecule has 0 heterocycles. The van der Waals surface area contributed by atoms with Crippen LogP contribution in [0.4, 0.5) is 0 Å². The number of nitrogens with zero attached hydrogens (tertiary/aromatic N) is 2. The number of guanidine groups is 1. The number of carbonyl (C=O) groups excluding carboxylic acids is 1. The molecule has 0 saturated carbocycles. The van der Waals surface area contributed by atoms with Crippen molar-refractivity contribution >= 4 is 35.8 Å². The lowest BCUT2D eigenvalue weighted by molar-refractivity contribution is 0.0954. The van der Waals surface area contributed by atoms with Crippen molar-refractivity contribution in [1.29, 1.82) is 0 Å². The van der Waals surface area contributed by atoms with E-state index in [1.165, 1.54) is 5.56 Å². The molecule has 1 atom stereocenters. The standard InChI is InChI=1S/C23H33N5O.HI/c1-19(28(3)18-20-10-6-4-7-11-20)14-15-26-23(24-2)27-17-16-25-22(29)21-12-8-5-9-13-21;/h4-13,19H,14-18H2,1-3H3,(H,25,29)(H2,24,26,27);1H. The van der Waals surface area contributed by atoms with Crippen molar-refractivity contribution in [1.82, 2.24) is 20.9 Å². The van der Waals surface area contributed by atoms with Gasteiger partial charge in [-0.1, -0.05) is 48.5 Å². The van der Waals surface area contributed by atoms with Gasteiger partial charge in [0.25, 0.3) is 5.91 Å². The van der Waals surface area contributed by atoms with Crippen LogP contribution < -0.4 is 16.0 Å². The number of amides is 1. The molecule has 6 nitrogen and oxygen atoms in total. The lowest BCUT2D eigenvalue weighted by Gasteiger charge is -2.25. The van der Waals surface area contributed by atoms with Gasteiger partial charge in [0.05, 0.1) is 0 Å². The van der Waals surface area contributed by atoms with E-state index in [0.29, 0.717) is 24.7 Å². The first-order valence-corrected chi connectivity index (χ1v) is 10.1. The fourth-order valence-electron chi connectivity index (χ4n) is 2.92. The summed E-state index contributed by atoms with van der Waals surface area (Å²) >= 11 is 0. The molecule has 2 rings (SSSR count). The molecule has 0 fully saturated rings. The van der Waals surface area contributed by atoms with Crippen molar-refractivity contribution in [3.63, 3.8) is 0 Å². The maximum Gasteiger partial charge on any atom is 0.251 e. The Labute approximate surface area is 197 Å². The smallest absolute Gasteiger partial charge is 0.251 e. The van der Waals surface area contributed by atoms with E-state index in [-0.39, 0.29) is 29.9 Å². The van der Waals surface area contributed by atoms with E-state index in [4.69, 9.17) is 0 Å². The molecule has 0 spiro atoms. The van der Waals surface area contributed by atoms with Crippen LogP contribution >= 0.6 is 24.0 Å². The topological polar surface area (TPSA) is 68.8 Å². The van der Waals surface area contributed by atoms with Gasteiger partial charge in [0.1, 0.15) is 0 Å². The van der Waals surface area contributed by atoms with Crippen LogP contribution in [0.5, 0.6) is 0 Å². The molecular formula is C23H34IN5O. The summed E-state index contributed by atoms with van der Waals surface area (Å²) in [7, 11) is 3.91. The van der Waals surface area contributed by atoms with Crippen molar-refractivity contribution in [2.75, 3.05) is 33.7 Å². The van der Waals surface area contributed by atoms with Gasteiger partial charge in [-0.25, -0.2) is 0 Å². The molecule has 0 radical (unpaired) electrons. The molecule has 0 bridgehead atoms. The monoisotopic (exact) mass is 523 g/mol. The minimum absolute atomic E-state index is 0. The Morgan fingerprint density at radius 3 is 2.13 bits per heavy atom. The number of carbonyl (C=O) groups is 1. The third-order valence-electron chi connectivity index (χ3n) is 4.84. The number of hydrogen-bond acceptors (Lipinski definition) is 3. The van der Waals surface area contributed by atoms with Crippen molar-refractivity contribution in [2.24, 2.45) is 4.99 Å². The lowest BCUT2D eigenvalue weighted by atomic mass is 10.1. The molecule has 1 amide bonds. The predicted molar refractivity (Wildman–Crippen MR) is 136 cm³/mol. The zero-order valence-corrected chi connectivity index (χ0v) is 20.4. The van der Waals surface area contributed by atoms with Gasteiger partial charge in [-0.3, -0.25) is 14.7 Å². The molecule has 0 aliphatic heterocycles. The average molecular weight is 523 g/mol. The van der Waals surface area contributed by atoms with Crippen molar-refractivity contribution in [2.45, 2.75) is 25.9 Å². The largest absolute Gasteiger partial charge is 0.356 e. The van der Waals surface area contributed by atoms with E-state index in [2.05, 4.69) is 64.1 Å². The summed E-state index contributed by atoms with van der Waals surface area (Å²) in [5.41, 5.74) is 1.99. The quantitative estimate of drug-likeness (QED) is 0.194. The van der Waals surface area contributed by atoms with Gasteiger partial charge in [-0.05, 0) is 38.1 Å². The van der Waals surface area contributed by atoms with E-state index in [0.717, 1.165) is 25.5 Å². The molecule has 0 aromatic heterocycles. The van der Waals surface area contributed by atoms with E-state index in [1.54, 1.807) is 19.2 Å². The minimum atomic E-state index is -0.0642. The van der Waals surface area contributed by atoms with E-state index in [1.807, 2.05) is 24.3 Å². The fourth-order valence-corrected chi connectivity index (χ4v) is 2.92. The maximum absolute atomic E-state index is 12.0. The summed E-state index contributed by atoms with van der Waals surface area (Å²) in [5.74, 6) is 0.683. The van der Waals surface area contributed by atoms with Gasteiger partial charge in [0, 0.05) is 44.8 Å². The first kappa shape index (κ1) is 25.9. The Morgan fingerprint density at radius 1 is 0.933 bits per heavy atom. The lowest BCUT2D eigenvalue weighted by Crippen LogP contribution is -2.43. The third-order valence-corrected chi connectivity index (χ3v) is 4.84. The molecule has 0 aliphatic carbocycles. The SMILES string of the molecule is CN=C(NCCNC(=O)c1ccccc1)NCCC(C)N(C)Cc1ccccc1.I. The van der Waals surface area contributed by atoms with Crippen molar-refractivity contribution in [3.05, 3.63) is 71.8 Å². The zero-order chi connectivity index (χ0) is 20.9. The Bertz CT molecular complexity index is 755. The second-order valence-corrected chi connectivity index (χ2v) is 7.09. The van der Waals surface area contributed by atoms with Crippen LogP contribution in [0.3, 0.4) is 0 Å². The third kappa shape index (κ3) is 9.58. The Hall–Kier alpha value is -2.13. The Balaban J connectivity index is 0.00000450. The number of rotatable bonds is 10. The highest BCUT2D eigenvalue weighted by molar-refractivity contribution is 14.0. The first-order chi connectivity index (χ1) is 14.1. The number of aliphatic imine (C=N–C) groups is 1. The highest BCUT2D eigenvalue weighted by Crippen LogP contribution is 2.07. The van der Waals surface area contributed by atoms with Crippen LogP contribution in [0, 0.1) is 0 Å². The number of nitrogens with one attached hydrogen (secondary N) is 3.